The number of carbonyl (C=O) groups is 1. The molecule has 30 heavy (non-hydrogen) atoms. The number of pyridine rings is 1. The number of aryl methyl sites for hydroxylation is 1. The van der Waals surface area contributed by atoms with Crippen LogP contribution in [0.15, 0.2) is 41.2 Å². The number of hydrogen-bond donors (Lipinski definition) is 2. The van der Waals surface area contributed by atoms with E-state index in [2.05, 4.69) is 35.6 Å². The molecule has 1 saturated heterocycles. The van der Waals surface area contributed by atoms with Gasteiger partial charge in [-0.3, -0.25) is 9.78 Å². The van der Waals surface area contributed by atoms with Crippen molar-refractivity contribution < 1.29 is 9.32 Å². The van der Waals surface area contributed by atoms with Crippen LogP contribution in [-0.2, 0) is 0 Å². The van der Waals surface area contributed by atoms with E-state index in [1.54, 1.807) is 24.5 Å². The molecule has 4 heterocycles. The second-order valence-electron chi connectivity index (χ2n) is 7.24. The van der Waals surface area contributed by atoms with Gasteiger partial charge in [-0.2, -0.15) is 4.98 Å². The van der Waals surface area contributed by atoms with Gasteiger partial charge < -0.3 is 20.1 Å². The van der Waals surface area contributed by atoms with Crippen LogP contribution in [0.4, 0.5) is 11.8 Å². The van der Waals surface area contributed by atoms with Crippen molar-refractivity contribution in [3.63, 3.8) is 0 Å². The van der Waals surface area contributed by atoms with Gasteiger partial charge >= 0.3 is 0 Å². The molecule has 0 spiro atoms. The normalized spacial score (nSPS) is 13.8. The molecule has 9 heteroatoms. The van der Waals surface area contributed by atoms with E-state index in [0.29, 0.717) is 24.8 Å². The van der Waals surface area contributed by atoms with E-state index in [-0.39, 0.29) is 11.6 Å². The lowest BCUT2D eigenvalue weighted by atomic mass is 10.1. The number of hydrogen-bond acceptors (Lipinski definition) is 8. The fourth-order valence-corrected chi connectivity index (χ4v) is 3.38. The van der Waals surface area contributed by atoms with Gasteiger partial charge in [-0.1, -0.05) is 5.16 Å². The van der Waals surface area contributed by atoms with Crippen molar-refractivity contribution in [2.24, 2.45) is 0 Å². The zero-order valence-electron chi connectivity index (χ0n) is 17.0. The number of anilines is 2. The van der Waals surface area contributed by atoms with Crippen LogP contribution in [0.1, 0.15) is 35.4 Å². The molecule has 4 rings (SSSR count). The Kier molecular flexibility index (Phi) is 6.17. The summed E-state index contributed by atoms with van der Waals surface area (Å²) in [7, 11) is 0. The van der Waals surface area contributed by atoms with Gasteiger partial charge in [0.1, 0.15) is 5.82 Å². The minimum absolute atomic E-state index is 0.230. The van der Waals surface area contributed by atoms with Crippen LogP contribution in [0.3, 0.4) is 0 Å². The molecule has 3 aromatic heterocycles. The van der Waals surface area contributed by atoms with Crippen LogP contribution in [-0.4, -0.2) is 52.2 Å². The maximum Gasteiger partial charge on any atom is 0.273 e. The van der Waals surface area contributed by atoms with Gasteiger partial charge in [-0.15, -0.1) is 0 Å². The number of amides is 1. The van der Waals surface area contributed by atoms with Crippen LogP contribution in [0, 0.1) is 6.92 Å². The van der Waals surface area contributed by atoms with E-state index in [0.717, 1.165) is 30.2 Å². The Hall–Kier alpha value is -3.49. The molecule has 0 saturated carbocycles. The molecule has 1 aliphatic rings. The van der Waals surface area contributed by atoms with Crippen molar-refractivity contribution in [1.82, 2.24) is 25.4 Å². The van der Waals surface area contributed by atoms with E-state index in [1.807, 2.05) is 19.1 Å². The second-order valence-corrected chi connectivity index (χ2v) is 7.24. The zero-order chi connectivity index (χ0) is 20.8. The summed E-state index contributed by atoms with van der Waals surface area (Å²) in [4.78, 5) is 27.7. The van der Waals surface area contributed by atoms with Gasteiger partial charge in [0, 0.05) is 62.0 Å². The molecular weight excluding hydrogens is 382 g/mol. The molecule has 0 atom stereocenters. The van der Waals surface area contributed by atoms with Crippen LogP contribution in [0.2, 0.25) is 0 Å². The Morgan fingerprint density at radius 3 is 2.83 bits per heavy atom. The topological polar surface area (TPSA) is 109 Å². The van der Waals surface area contributed by atoms with Gasteiger partial charge in [0.05, 0.1) is 0 Å². The Morgan fingerprint density at radius 1 is 1.17 bits per heavy atom. The van der Waals surface area contributed by atoms with Crippen LogP contribution < -0.4 is 15.5 Å². The maximum atomic E-state index is 12.3. The standard InChI is InChI=1S/C21H25N7O2/c1-15-12-19(28-10-3-2-4-11-28)26-21(25-15)24-9-8-23-20(29)17-13-18(30-27-17)16-6-5-7-22-14-16/h5-7,12-14H,2-4,8-11H2,1H3,(H,23,29)(H,24,25,26). The van der Waals surface area contributed by atoms with Gasteiger partial charge in [0.25, 0.3) is 5.91 Å². The van der Waals surface area contributed by atoms with E-state index >= 15 is 0 Å². The molecule has 1 fully saturated rings. The van der Waals surface area contributed by atoms with Crippen molar-refractivity contribution in [3.05, 3.63) is 48.0 Å². The number of nitrogens with one attached hydrogen (secondary N) is 2. The highest BCUT2D eigenvalue weighted by molar-refractivity contribution is 5.93. The lowest BCUT2D eigenvalue weighted by Crippen LogP contribution is -2.31. The molecule has 0 aliphatic carbocycles. The number of aromatic nitrogens is 4. The monoisotopic (exact) mass is 407 g/mol. The fraction of sp³-hybridized carbons (Fsp3) is 0.381. The Bertz CT molecular complexity index is 984. The first-order valence-corrected chi connectivity index (χ1v) is 10.2. The maximum absolute atomic E-state index is 12.3. The highest BCUT2D eigenvalue weighted by Crippen LogP contribution is 2.20. The minimum Gasteiger partial charge on any atom is -0.356 e. The van der Waals surface area contributed by atoms with E-state index in [4.69, 9.17) is 4.52 Å². The van der Waals surface area contributed by atoms with Gasteiger partial charge in [-0.25, -0.2) is 4.98 Å². The van der Waals surface area contributed by atoms with Crippen molar-refractivity contribution in [1.29, 1.82) is 0 Å². The third kappa shape index (κ3) is 4.91. The summed E-state index contributed by atoms with van der Waals surface area (Å²) in [5.41, 5.74) is 1.92. The summed E-state index contributed by atoms with van der Waals surface area (Å²) in [6.07, 6.45) is 7.01. The summed E-state index contributed by atoms with van der Waals surface area (Å²) < 4.78 is 5.24. The molecule has 156 valence electrons. The number of rotatable bonds is 7. The van der Waals surface area contributed by atoms with E-state index < -0.39 is 0 Å². The average molecular weight is 407 g/mol. The van der Waals surface area contributed by atoms with Crippen LogP contribution in [0.5, 0.6) is 0 Å². The number of piperidine rings is 1. The summed E-state index contributed by atoms with van der Waals surface area (Å²) in [5.74, 6) is 1.74. The lowest BCUT2D eigenvalue weighted by molar-refractivity contribution is 0.0946. The summed E-state index contributed by atoms with van der Waals surface area (Å²) in [6, 6.07) is 7.27. The number of carbonyl (C=O) groups excluding carboxylic acids is 1. The predicted octanol–water partition coefficient (Wildman–Crippen LogP) is 2.67. The van der Waals surface area contributed by atoms with Crippen LogP contribution in [0.25, 0.3) is 11.3 Å². The van der Waals surface area contributed by atoms with Crippen LogP contribution >= 0.6 is 0 Å². The van der Waals surface area contributed by atoms with Crippen molar-refractivity contribution in [2.45, 2.75) is 26.2 Å². The molecule has 0 unspecified atom stereocenters. The molecule has 3 aromatic rings. The Balaban J connectivity index is 1.28. The molecule has 2 N–H and O–H groups in total. The average Bonchev–Trinajstić information content (AvgIpc) is 3.28. The molecule has 0 radical (unpaired) electrons. The lowest BCUT2D eigenvalue weighted by Gasteiger charge is -2.28. The molecule has 0 bridgehead atoms. The summed E-state index contributed by atoms with van der Waals surface area (Å²) >= 11 is 0. The number of nitrogens with zero attached hydrogens (tertiary/aromatic N) is 5. The fourth-order valence-electron chi connectivity index (χ4n) is 3.38. The van der Waals surface area contributed by atoms with Gasteiger partial charge in [-0.05, 0) is 38.3 Å². The smallest absolute Gasteiger partial charge is 0.273 e. The van der Waals surface area contributed by atoms with Crippen molar-refractivity contribution in [3.8, 4) is 11.3 Å². The first-order valence-electron chi connectivity index (χ1n) is 10.2. The molecular formula is C21H25N7O2. The van der Waals surface area contributed by atoms with E-state index in [1.165, 1.54) is 19.3 Å². The highest BCUT2D eigenvalue weighted by Gasteiger charge is 2.15. The third-order valence-corrected chi connectivity index (χ3v) is 4.90. The Labute approximate surface area is 174 Å². The quantitative estimate of drug-likeness (QED) is 0.576. The molecule has 9 nitrogen and oxygen atoms in total. The van der Waals surface area contributed by atoms with Crippen molar-refractivity contribution >= 4 is 17.7 Å². The zero-order valence-corrected chi connectivity index (χ0v) is 17.0. The molecule has 1 amide bonds. The largest absolute Gasteiger partial charge is 0.356 e. The first kappa shape index (κ1) is 19.8. The second kappa shape index (κ2) is 9.34. The van der Waals surface area contributed by atoms with Gasteiger partial charge in [0.15, 0.2) is 11.5 Å². The first-order chi connectivity index (χ1) is 14.7. The predicted molar refractivity (Wildman–Crippen MR) is 113 cm³/mol. The minimum atomic E-state index is -0.296. The van der Waals surface area contributed by atoms with E-state index in [9.17, 15) is 4.79 Å². The third-order valence-electron chi connectivity index (χ3n) is 4.90. The molecule has 0 aromatic carbocycles. The highest BCUT2D eigenvalue weighted by atomic mass is 16.5. The Morgan fingerprint density at radius 2 is 2.03 bits per heavy atom. The summed E-state index contributed by atoms with van der Waals surface area (Å²) in [6.45, 7) is 4.94. The summed E-state index contributed by atoms with van der Waals surface area (Å²) in [5, 5.41) is 9.85. The van der Waals surface area contributed by atoms with Crippen molar-refractivity contribution in [2.75, 3.05) is 36.4 Å². The SMILES string of the molecule is Cc1cc(N2CCCCC2)nc(NCCNC(=O)c2cc(-c3cccnc3)on2)n1. The van der Waals surface area contributed by atoms with Gasteiger partial charge in [0.2, 0.25) is 5.95 Å². The molecule has 1 aliphatic heterocycles.